The molecule has 3 saturated carbocycles. The normalized spacial score (nSPS) is 33.1. The molecule has 3 nitrogen and oxygen atoms in total. The third-order valence-corrected chi connectivity index (χ3v) is 9.36. The van der Waals surface area contributed by atoms with Gasteiger partial charge in [0, 0.05) is 40.2 Å². The number of aromatic nitrogens is 1. The van der Waals surface area contributed by atoms with Crippen molar-refractivity contribution >= 4 is 26.8 Å². The molecule has 170 valence electrons. The van der Waals surface area contributed by atoms with Gasteiger partial charge in [-0.2, -0.15) is 0 Å². The molecule has 5 rings (SSSR count). The molecule has 0 bridgehead atoms. The molecule has 0 amide bonds. The molecule has 3 aliphatic rings. The van der Waals surface area contributed by atoms with Crippen LogP contribution in [0.2, 0.25) is 0 Å². The molecule has 3 aliphatic carbocycles. The maximum Gasteiger partial charge on any atom is 0.0484 e. The Labute approximate surface area is 196 Å². The molecule has 4 N–H and O–H groups in total. The molecule has 1 aromatic heterocycles. The van der Waals surface area contributed by atoms with Gasteiger partial charge < -0.3 is 16.0 Å². The van der Waals surface area contributed by atoms with Crippen molar-refractivity contribution in [2.24, 2.45) is 29.2 Å². The highest BCUT2D eigenvalue weighted by atomic mass is 79.9. The average Bonchev–Trinajstić information content (AvgIpc) is 3.13. The molecule has 0 radical (unpaired) electrons. The number of nitrogens with zero attached hydrogens (tertiary/aromatic N) is 1. The van der Waals surface area contributed by atoms with Gasteiger partial charge in [0.15, 0.2) is 0 Å². The Bertz CT molecular complexity index is 876. The molecule has 2 aromatic rings. The fourth-order valence-corrected chi connectivity index (χ4v) is 7.45. The summed E-state index contributed by atoms with van der Waals surface area (Å²) in [4.78, 5) is 0. The predicted octanol–water partition coefficient (Wildman–Crippen LogP) is 6.71. The lowest BCUT2D eigenvalue weighted by atomic mass is 9.67. The van der Waals surface area contributed by atoms with Crippen LogP contribution in [0.15, 0.2) is 28.9 Å². The minimum Gasteiger partial charge on any atom is -0.347 e. The maximum absolute atomic E-state index is 6.54. The fourth-order valence-electron chi connectivity index (χ4n) is 7.08. The summed E-state index contributed by atoms with van der Waals surface area (Å²) in [6.45, 7) is 1.20. The minimum atomic E-state index is 0.370. The predicted molar refractivity (Wildman–Crippen MR) is 134 cm³/mol. The van der Waals surface area contributed by atoms with Gasteiger partial charge in [-0.15, -0.1) is 0 Å². The zero-order valence-electron chi connectivity index (χ0n) is 18.9. The summed E-state index contributed by atoms with van der Waals surface area (Å²) in [6.07, 6.45) is 18.2. The smallest absolute Gasteiger partial charge is 0.0484 e. The van der Waals surface area contributed by atoms with Gasteiger partial charge in [-0.1, -0.05) is 35.2 Å². The summed E-state index contributed by atoms with van der Waals surface area (Å²) in [5.74, 6) is 2.97. The van der Waals surface area contributed by atoms with Crippen molar-refractivity contribution in [3.63, 3.8) is 0 Å². The van der Waals surface area contributed by atoms with Crippen LogP contribution in [-0.2, 0) is 6.54 Å². The highest BCUT2D eigenvalue weighted by molar-refractivity contribution is 9.10. The van der Waals surface area contributed by atoms with E-state index in [1.807, 2.05) is 0 Å². The summed E-state index contributed by atoms with van der Waals surface area (Å²) in [7, 11) is 0. The summed E-state index contributed by atoms with van der Waals surface area (Å²) in [5, 5.41) is 1.48. The van der Waals surface area contributed by atoms with Crippen LogP contribution in [0, 0.1) is 17.8 Å². The van der Waals surface area contributed by atoms with Crippen LogP contribution in [0.1, 0.15) is 88.5 Å². The van der Waals surface area contributed by atoms with E-state index in [2.05, 4.69) is 44.9 Å². The van der Waals surface area contributed by atoms with Gasteiger partial charge in [0.25, 0.3) is 0 Å². The first-order chi connectivity index (χ1) is 15.1. The SMILES string of the molecule is N[C@@H]1CC[C@@H](N)C(C2CCC(c3cn(CC4CCCCC4)c4ccc(Br)cc34)CC2)C1. The Kier molecular flexibility index (Phi) is 6.78. The second kappa shape index (κ2) is 9.57. The molecule has 4 heteroatoms. The Morgan fingerprint density at radius 2 is 1.68 bits per heavy atom. The van der Waals surface area contributed by atoms with E-state index in [0.29, 0.717) is 23.9 Å². The van der Waals surface area contributed by atoms with E-state index in [9.17, 15) is 0 Å². The number of halogens is 1. The van der Waals surface area contributed by atoms with Gasteiger partial charge in [-0.25, -0.2) is 0 Å². The molecule has 3 atom stereocenters. The number of benzene rings is 1. The van der Waals surface area contributed by atoms with E-state index < -0.39 is 0 Å². The van der Waals surface area contributed by atoms with Crippen LogP contribution in [0.4, 0.5) is 0 Å². The monoisotopic (exact) mass is 485 g/mol. The van der Waals surface area contributed by atoms with E-state index in [0.717, 1.165) is 31.1 Å². The second-order valence-electron chi connectivity index (χ2n) is 10.9. The van der Waals surface area contributed by atoms with Crippen molar-refractivity contribution in [3.8, 4) is 0 Å². The summed E-state index contributed by atoms with van der Waals surface area (Å²) >= 11 is 3.74. The number of nitrogens with two attached hydrogens (primary N) is 2. The average molecular weight is 487 g/mol. The topological polar surface area (TPSA) is 57.0 Å². The lowest BCUT2D eigenvalue weighted by Gasteiger charge is -2.41. The molecule has 0 saturated heterocycles. The maximum atomic E-state index is 6.54. The van der Waals surface area contributed by atoms with Gasteiger partial charge in [-0.05, 0) is 105 Å². The van der Waals surface area contributed by atoms with E-state index >= 15 is 0 Å². The summed E-state index contributed by atoms with van der Waals surface area (Å²) in [6, 6.07) is 7.66. The number of hydrogen-bond donors (Lipinski definition) is 2. The summed E-state index contributed by atoms with van der Waals surface area (Å²) in [5.41, 5.74) is 15.9. The molecule has 1 unspecified atom stereocenters. The molecule has 1 heterocycles. The Balaban J connectivity index is 1.33. The van der Waals surface area contributed by atoms with Crippen molar-refractivity contribution < 1.29 is 0 Å². The van der Waals surface area contributed by atoms with Crippen molar-refractivity contribution in [2.75, 3.05) is 0 Å². The lowest BCUT2D eigenvalue weighted by Crippen LogP contribution is -2.45. The Hall–Kier alpha value is -0.840. The van der Waals surface area contributed by atoms with Crippen LogP contribution in [0.3, 0.4) is 0 Å². The van der Waals surface area contributed by atoms with Crippen LogP contribution in [-0.4, -0.2) is 16.7 Å². The quantitative estimate of drug-likeness (QED) is 0.505. The molecule has 1 aromatic carbocycles. The first-order valence-corrected chi connectivity index (χ1v) is 13.7. The van der Waals surface area contributed by atoms with Crippen molar-refractivity contribution in [1.29, 1.82) is 0 Å². The standard InChI is InChI=1S/C27H40BrN3/c28-21-10-13-27-24(14-21)25(17-31(27)16-18-4-2-1-3-5-18)20-8-6-19(7-9-20)23-15-22(29)11-12-26(23)30/h10,13-14,17-20,22-23,26H,1-9,11-12,15-16,29-30H2/t19?,20?,22-,23?,26-/m1/s1. The molecule has 31 heavy (non-hydrogen) atoms. The molecular weight excluding hydrogens is 446 g/mol. The zero-order valence-corrected chi connectivity index (χ0v) is 20.5. The van der Waals surface area contributed by atoms with Crippen LogP contribution in [0.5, 0.6) is 0 Å². The fraction of sp³-hybridized carbons (Fsp3) is 0.704. The second-order valence-corrected chi connectivity index (χ2v) is 11.8. The van der Waals surface area contributed by atoms with Crippen molar-refractivity contribution in [2.45, 2.75) is 102 Å². The van der Waals surface area contributed by atoms with Gasteiger partial charge in [0.1, 0.15) is 0 Å². The Morgan fingerprint density at radius 3 is 2.45 bits per heavy atom. The minimum absolute atomic E-state index is 0.370. The number of fused-ring (bicyclic) bond motifs is 1. The van der Waals surface area contributed by atoms with Crippen LogP contribution in [0.25, 0.3) is 10.9 Å². The third kappa shape index (κ3) is 4.77. The van der Waals surface area contributed by atoms with E-state index in [1.54, 1.807) is 5.56 Å². The van der Waals surface area contributed by atoms with Crippen LogP contribution >= 0.6 is 15.9 Å². The number of rotatable bonds is 4. The largest absolute Gasteiger partial charge is 0.347 e. The van der Waals surface area contributed by atoms with Crippen LogP contribution < -0.4 is 11.5 Å². The lowest BCUT2D eigenvalue weighted by molar-refractivity contribution is 0.153. The first kappa shape index (κ1) is 22.0. The highest BCUT2D eigenvalue weighted by Gasteiger charge is 2.35. The van der Waals surface area contributed by atoms with E-state index in [-0.39, 0.29) is 0 Å². The highest BCUT2D eigenvalue weighted by Crippen LogP contribution is 2.44. The number of hydrogen-bond acceptors (Lipinski definition) is 2. The molecular formula is C27H40BrN3. The third-order valence-electron chi connectivity index (χ3n) is 8.87. The molecule has 0 spiro atoms. The zero-order chi connectivity index (χ0) is 21.4. The van der Waals surface area contributed by atoms with E-state index in [1.165, 1.54) is 79.7 Å². The van der Waals surface area contributed by atoms with Crippen molar-refractivity contribution in [1.82, 2.24) is 4.57 Å². The molecule has 3 fully saturated rings. The van der Waals surface area contributed by atoms with Gasteiger partial charge in [0.2, 0.25) is 0 Å². The van der Waals surface area contributed by atoms with Crippen molar-refractivity contribution in [3.05, 3.63) is 34.4 Å². The summed E-state index contributed by atoms with van der Waals surface area (Å²) < 4.78 is 3.79. The Morgan fingerprint density at radius 1 is 0.903 bits per heavy atom. The van der Waals surface area contributed by atoms with E-state index in [4.69, 9.17) is 11.5 Å². The molecule has 0 aliphatic heterocycles. The first-order valence-electron chi connectivity index (χ1n) is 12.9. The van der Waals surface area contributed by atoms with Gasteiger partial charge >= 0.3 is 0 Å². The van der Waals surface area contributed by atoms with Gasteiger partial charge in [-0.3, -0.25) is 0 Å². The van der Waals surface area contributed by atoms with Gasteiger partial charge in [0.05, 0.1) is 0 Å².